The number of benzene rings is 1. The second kappa shape index (κ2) is 7.34. The van der Waals surface area contributed by atoms with Crippen molar-refractivity contribution in [1.82, 2.24) is 10.3 Å². The van der Waals surface area contributed by atoms with Crippen LogP contribution in [0, 0.1) is 13.8 Å². The van der Waals surface area contributed by atoms with Crippen molar-refractivity contribution in [2.75, 3.05) is 0 Å². The molecule has 0 radical (unpaired) electrons. The fraction of sp³-hybridized carbons (Fsp3) is 0.389. The standard InChI is InChI=1S/C18H24N2O/c1-4-17(20-12-16-7-5-6-10-19-16)18(21)15-9-8-13(2)14(3)11-15/h5-11,17-18,20-21H,4,12H2,1-3H3. The maximum absolute atomic E-state index is 10.6. The van der Waals surface area contributed by atoms with E-state index in [1.165, 1.54) is 11.1 Å². The van der Waals surface area contributed by atoms with E-state index in [0.29, 0.717) is 6.54 Å². The summed E-state index contributed by atoms with van der Waals surface area (Å²) in [5.41, 5.74) is 4.42. The minimum Gasteiger partial charge on any atom is -0.387 e. The molecule has 0 saturated carbocycles. The summed E-state index contributed by atoms with van der Waals surface area (Å²) >= 11 is 0. The Labute approximate surface area is 127 Å². The Morgan fingerprint density at radius 3 is 2.57 bits per heavy atom. The van der Waals surface area contributed by atoms with Crippen LogP contribution in [0.1, 0.15) is 41.8 Å². The molecule has 0 aliphatic heterocycles. The summed E-state index contributed by atoms with van der Waals surface area (Å²) in [6.45, 7) is 6.91. The average molecular weight is 284 g/mol. The van der Waals surface area contributed by atoms with Crippen LogP contribution in [-0.2, 0) is 6.54 Å². The van der Waals surface area contributed by atoms with Gasteiger partial charge in [-0.25, -0.2) is 0 Å². The molecule has 2 rings (SSSR count). The lowest BCUT2D eigenvalue weighted by atomic mass is 9.97. The smallest absolute Gasteiger partial charge is 0.0943 e. The minimum absolute atomic E-state index is 0.0223. The molecule has 2 aromatic rings. The number of aromatic nitrogens is 1. The van der Waals surface area contributed by atoms with E-state index in [9.17, 15) is 5.11 Å². The number of aliphatic hydroxyl groups excluding tert-OH is 1. The van der Waals surface area contributed by atoms with Crippen LogP contribution in [0.25, 0.3) is 0 Å². The number of aliphatic hydroxyl groups is 1. The van der Waals surface area contributed by atoms with Gasteiger partial charge >= 0.3 is 0 Å². The van der Waals surface area contributed by atoms with Crippen molar-refractivity contribution >= 4 is 0 Å². The number of hydrogen-bond acceptors (Lipinski definition) is 3. The van der Waals surface area contributed by atoms with Gasteiger partial charge in [0.2, 0.25) is 0 Å². The van der Waals surface area contributed by atoms with Crippen LogP contribution in [-0.4, -0.2) is 16.1 Å². The second-order valence-electron chi connectivity index (χ2n) is 5.51. The van der Waals surface area contributed by atoms with Crippen LogP contribution < -0.4 is 5.32 Å². The lowest BCUT2D eigenvalue weighted by Gasteiger charge is -2.24. The number of nitrogens with zero attached hydrogens (tertiary/aromatic N) is 1. The van der Waals surface area contributed by atoms with E-state index >= 15 is 0 Å². The summed E-state index contributed by atoms with van der Waals surface area (Å²) in [6.07, 6.45) is 2.15. The fourth-order valence-electron chi connectivity index (χ4n) is 2.40. The van der Waals surface area contributed by atoms with Gasteiger partial charge < -0.3 is 10.4 Å². The predicted octanol–water partition coefficient (Wildman–Crippen LogP) is 3.30. The van der Waals surface area contributed by atoms with Gasteiger partial charge in [0, 0.05) is 18.8 Å². The molecule has 2 N–H and O–H groups in total. The van der Waals surface area contributed by atoms with Gasteiger partial charge in [0.1, 0.15) is 0 Å². The van der Waals surface area contributed by atoms with Gasteiger partial charge in [-0.2, -0.15) is 0 Å². The Bertz CT molecular complexity index is 569. The zero-order valence-corrected chi connectivity index (χ0v) is 13.0. The van der Waals surface area contributed by atoms with Crippen molar-refractivity contribution < 1.29 is 5.11 Å². The van der Waals surface area contributed by atoms with Crippen molar-refractivity contribution in [2.24, 2.45) is 0 Å². The normalized spacial score (nSPS) is 13.9. The maximum Gasteiger partial charge on any atom is 0.0943 e. The molecule has 1 aromatic heterocycles. The van der Waals surface area contributed by atoms with Crippen molar-refractivity contribution in [3.8, 4) is 0 Å². The molecule has 1 heterocycles. The van der Waals surface area contributed by atoms with Crippen LogP contribution in [0.4, 0.5) is 0 Å². The van der Waals surface area contributed by atoms with E-state index in [1.54, 1.807) is 6.20 Å². The second-order valence-corrected chi connectivity index (χ2v) is 5.51. The Balaban J connectivity index is 2.04. The van der Waals surface area contributed by atoms with Crippen LogP contribution in [0.2, 0.25) is 0 Å². The molecule has 112 valence electrons. The Hall–Kier alpha value is -1.71. The molecule has 0 fully saturated rings. The van der Waals surface area contributed by atoms with E-state index in [2.05, 4.69) is 43.2 Å². The first-order valence-corrected chi connectivity index (χ1v) is 7.50. The van der Waals surface area contributed by atoms with Crippen LogP contribution in [0.3, 0.4) is 0 Å². The summed E-state index contributed by atoms with van der Waals surface area (Å²) in [6, 6.07) is 12.1. The SMILES string of the molecule is CCC(NCc1ccccn1)C(O)c1ccc(C)c(C)c1. The van der Waals surface area contributed by atoms with E-state index in [4.69, 9.17) is 0 Å². The highest BCUT2D eigenvalue weighted by molar-refractivity contribution is 5.31. The van der Waals surface area contributed by atoms with Gasteiger partial charge in [0.15, 0.2) is 0 Å². The van der Waals surface area contributed by atoms with Crippen LogP contribution in [0.5, 0.6) is 0 Å². The van der Waals surface area contributed by atoms with Crippen molar-refractivity contribution in [3.63, 3.8) is 0 Å². The van der Waals surface area contributed by atoms with Crippen molar-refractivity contribution in [2.45, 2.75) is 45.9 Å². The Kier molecular flexibility index (Phi) is 5.48. The predicted molar refractivity (Wildman–Crippen MR) is 86.0 cm³/mol. The van der Waals surface area contributed by atoms with Crippen molar-refractivity contribution in [1.29, 1.82) is 0 Å². The molecule has 0 saturated heterocycles. The molecule has 3 heteroatoms. The highest BCUT2D eigenvalue weighted by Gasteiger charge is 2.19. The highest BCUT2D eigenvalue weighted by atomic mass is 16.3. The molecule has 21 heavy (non-hydrogen) atoms. The molecule has 0 spiro atoms. The van der Waals surface area contributed by atoms with E-state index in [-0.39, 0.29) is 6.04 Å². The van der Waals surface area contributed by atoms with Gasteiger partial charge in [0.25, 0.3) is 0 Å². The number of rotatable bonds is 6. The first-order valence-electron chi connectivity index (χ1n) is 7.50. The van der Waals surface area contributed by atoms with Gasteiger partial charge in [-0.15, -0.1) is 0 Å². The third kappa shape index (κ3) is 4.13. The molecular formula is C18H24N2O. The average Bonchev–Trinajstić information content (AvgIpc) is 2.51. The number of nitrogens with one attached hydrogen (secondary N) is 1. The lowest BCUT2D eigenvalue weighted by Crippen LogP contribution is -2.34. The molecule has 0 bridgehead atoms. The van der Waals surface area contributed by atoms with Crippen LogP contribution >= 0.6 is 0 Å². The quantitative estimate of drug-likeness (QED) is 0.855. The molecule has 0 aliphatic carbocycles. The highest BCUT2D eigenvalue weighted by Crippen LogP contribution is 2.21. The van der Waals surface area contributed by atoms with E-state index < -0.39 is 6.10 Å². The minimum atomic E-state index is -0.502. The first kappa shape index (κ1) is 15.7. The summed E-state index contributed by atoms with van der Waals surface area (Å²) in [4.78, 5) is 4.30. The van der Waals surface area contributed by atoms with Crippen LogP contribution in [0.15, 0.2) is 42.6 Å². The third-order valence-corrected chi connectivity index (χ3v) is 3.96. The third-order valence-electron chi connectivity index (χ3n) is 3.96. The zero-order valence-electron chi connectivity index (χ0n) is 13.0. The molecule has 3 nitrogen and oxygen atoms in total. The summed E-state index contributed by atoms with van der Waals surface area (Å²) in [7, 11) is 0. The lowest BCUT2D eigenvalue weighted by molar-refractivity contribution is 0.125. The number of aryl methyl sites for hydroxylation is 2. The Morgan fingerprint density at radius 2 is 1.95 bits per heavy atom. The number of hydrogen-bond donors (Lipinski definition) is 2. The van der Waals surface area contributed by atoms with Gasteiger partial charge in [-0.3, -0.25) is 4.98 Å². The summed E-state index contributed by atoms with van der Waals surface area (Å²) < 4.78 is 0. The fourth-order valence-corrected chi connectivity index (χ4v) is 2.40. The van der Waals surface area contributed by atoms with Gasteiger partial charge in [0.05, 0.1) is 11.8 Å². The monoisotopic (exact) mass is 284 g/mol. The summed E-state index contributed by atoms with van der Waals surface area (Å²) in [5.74, 6) is 0. The first-order chi connectivity index (χ1) is 10.1. The molecule has 2 unspecified atom stereocenters. The molecule has 1 aromatic carbocycles. The molecule has 0 aliphatic rings. The summed E-state index contributed by atoms with van der Waals surface area (Å²) in [5, 5.41) is 14.0. The zero-order chi connectivity index (χ0) is 15.2. The maximum atomic E-state index is 10.6. The molecule has 2 atom stereocenters. The molecule has 0 amide bonds. The van der Waals surface area contributed by atoms with Crippen molar-refractivity contribution in [3.05, 3.63) is 65.0 Å². The van der Waals surface area contributed by atoms with E-state index in [0.717, 1.165) is 17.7 Å². The largest absolute Gasteiger partial charge is 0.387 e. The Morgan fingerprint density at radius 1 is 1.14 bits per heavy atom. The topological polar surface area (TPSA) is 45.2 Å². The van der Waals surface area contributed by atoms with Gasteiger partial charge in [-0.1, -0.05) is 31.2 Å². The van der Waals surface area contributed by atoms with E-state index in [1.807, 2.05) is 24.3 Å². The molecular weight excluding hydrogens is 260 g/mol. The van der Waals surface area contributed by atoms with Gasteiger partial charge in [-0.05, 0) is 49.1 Å². The number of pyridine rings is 1.